The zero-order chi connectivity index (χ0) is 18.4. The molecule has 0 spiro atoms. The first-order valence-corrected chi connectivity index (χ1v) is 7.91. The van der Waals surface area contributed by atoms with Gasteiger partial charge in [0.05, 0.1) is 11.2 Å². The fourth-order valence-electron chi connectivity index (χ4n) is 3.19. The molecule has 0 aliphatic rings. The molecule has 0 bridgehead atoms. The molecule has 7 nitrogen and oxygen atoms in total. The van der Waals surface area contributed by atoms with Gasteiger partial charge in [0, 0.05) is 17.4 Å². The van der Waals surface area contributed by atoms with Gasteiger partial charge in [-0.15, -0.1) is 0 Å². The summed E-state index contributed by atoms with van der Waals surface area (Å²) in [6.45, 7) is 3.75. The number of aromatic hydroxyl groups is 1. The highest BCUT2D eigenvalue weighted by Gasteiger charge is 2.16. The number of fused-ring (bicyclic) bond motifs is 1. The highest BCUT2D eigenvalue weighted by atomic mass is 16.5. The number of nitriles is 1. The minimum atomic E-state index is -0.607. The zero-order valence-corrected chi connectivity index (χ0v) is 14.1. The number of aromatic amines is 1. The fraction of sp³-hybridized carbons (Fsp3) is 0.105. The van der Waals surface area contributed by atoms with E-state index >= 15 is 0 Å². The van der Waals surface area contributed by atoms with Crippen molar-refractivity contribution < 1.29 is 9.63 Å². The highest BCUT2D eigenvalue weighted by molar-refractivity contribution is 5.86. The van der Waals surface area contributed by atoms with Crippen LogP contribution in [0, 0.1) is 25.2 Å². The summed E-state index contributed by atoms with van der Waals surface area (Å²) >= 11 is 0. The molecule has 4 rings (SSSR count). The van der Waals surface area contributed by atoms with E-state index in [0.29, 0.717) is 11.0 Å². The molecule has 0 aliphatic heterocycles. The Labute approximate surface area is 147 Å². The predicted octanol–water partition coefficient (Wildman–Crippen LogP) is 3.17. The Kier molecular flexibility index (Phi) is 3.41. The molecular weight excluding hydrogens is 332 g/mol. The molecule has 128 valence electrons. The molecule has 2 N–H and O–H groups in total. The number of hydrogen-bond acceptors (Lipinski definition) is 5. The molecule has 3 aromatic heterocycles. The fourth-order valence-corrected chi connectivity index (χ4v) is 3.19. The number of hydrogen-bond donors (Lipinski definition) is 2. The number of aryl methyl sites for hydroxylation is 2. The second-order valence-corrected chi connectivity index (χ2v) is 5.98. The van der Waals surface area contributed by atoms with Gasteiger partial charge in [-0.3, -0.25) is 4.79 Å². The SMILES string of the molecule is Cc1noc(C)c1-c1ccc(-n2ccc3[nH]c(=O)c(C#N)c(O)c32)cc1. The molecule has 3 heterocycles. The lowest BCUT2D eigenvalue weighted by Crippen LogP contribution is -2.10. The molecule has 0 saturated heterocycles. The summed E-state index contributed by atoms with van der Waals surface area (Å²) in [5, 5.41) is 23.4. The van der Waals surface area contributed by atoms with Gasteiger partial charge in [0.25, 0.3) is 5.56 Å². The van der Waals surface area contributed by atoms with Crippen LogP contribution in [0.3, 0.4) is 0 Å². The van der Waals surface area contributed by atoms with Crippen LogP contribution >= 0.6 is 0 Å². The molecule has 0 atom stereocenters. The van der Waals surface area contributed by atoms with E-state index in [4.69, 9.17) is 9.78 Å². The smallest absolute Gasteiger partial charge is 0.270 e. The van der Waals surface area contributed by atoms with E-state index in [1.165, 1.54) is 0 Å². The number of aromatic nitrogens is 3. The highest BCUT2D eigenvalue weighted by Crippen LogP contribution is 2.31. The average molecular weight is 346 g/mol. The van der Waals surface area contributed by atoms with Gasteiger partial charge in [0.15, 0.2) is 11.3 Å². The molecule has 0 fully saturated rings. The average Bonchev–Trinajstić information content (AvgIpc) is 3.19. The Hall–Kier alpha value is -3.79. The summed E-state index contributed by atoms with van der Waals surface area (Å²) in [5.74, 6) is 0.418. The minimum absolute atomic E-state index is 0.301. The summed E-state index contributed by atoms with van der Waals surface area (Å²) < 4.78 is 6.93. The lowest BCUT2D eigenvalue weighted by atomic mass is 10.0. The molecule has 0 unspecified atom stereocenters. The maximum Gasteiger partial charge on any atom is 0.270 e. The van der Waals surface area contributed by atoms with Crippen LogP contribution in [-0.4, -0.2) is 19.8 Å². The van der Waals surface area contributed by atoms with Crippen molar-refractivity contribution in [1.29, 1.82) is 5.26 Å². The minimum Gasteiger partial charge on any atom is -0.504 e. The first-order chi connectivity index (χ1) is 12.5. The zero-order valence-electron chi connectivity index (χ0n) is 14.1. The number of rotatable bonds is 2. The van der Waals surface area contributed by atoms with Crippen LogP contribution in [0.15, 0.2) is 45.8 Å². The van der Waals surface area contributed by atoms with Crippen LogP contribution in [0.1, 0.15) is 17.0 Å². The van der Waals surface area contributed by atoms with Crippen molar-refractivity contribution in [2.75, 3.05) is 0 Å². The van der Waals surface area contributed by atoms with Gasteiger partial charge >= 0.3 is 0 Å². The molecule has 7 heteroatoms. The van der Waals surface area contributed by atoms with Crippen LogP contribution in [0.25, 0.3) is 27.8 Å². The molecule has 0 radical (unpaired) electrons. The molecular formula is C19H14N4O3. The van der Waals surface area contributed by atoms with Crippen molar-refractivity contribution >= 4 is 11.0 Å². The van der Waals surface area contributed by atoms with Crippen molar-refractivity contribution in [3.05, 3.63) is 63.9 Å². The van der Waals surface area contributed by atoms with Crippen LogP contribution in [0.2, 0.25) is 0 Å². The van der Waals surface area contributed by atoms with E-state index in [-0.39, 0.29) is 11.3 Å². The second-order valence-electron chi connectivity index (χ2n) is 5.98. The van der Waals surface area contributed by atoms with Crippen molar-refractivity contribution in [2.45, 2.75) is 13.8 Å². The number of nitrogens with zero attached hydrogens (tertiary/aromatic N) is 3. The van der Waals surface area contributed by atoms with Gasteiger partial charge in [-0.25, -0.2) is 0 Å². The summed E-state index contributed by atoms with van der Waals surface area (Å²) in [5.41, 5.74) is 3.45. The van der Waals surface area contributed by atoms with Gasteiger partial charge in [0.1, 0.15) is 17.3 Å². The summed E-state index contributed by atoms with van der Waals surface area (Å²) in [4.78, 5) is 14.4. The molecule has 26 heavy (non-hydrogen) atoms. The van der Waals surface area contributed by atoms with Crippen LogP contribution in [0.5, 0.6) is 5.75 Å². The van der Waals surface area contributed by atoms with E-state index in [1.54, 1.807) is 22.9 Å². The molecule has 1 aromatic carbocycles. The first-order valence-electron chi connectivity index (χ1n) is 7.91. The van der Waals surface area contributed by atoms with Crippen molar-refractivity contribution in [3.63, 3.8) is 0 Å². The maximum absolute atomic E-state index is 11.8. The van der Waals surface area contributed by atoms with Gasteiger partial charge in [0.2, 0.25) is 0 Å². The Morgan fingerprint density at radius 1 is 1.23 bits per heavy atom. The molecule has 4 aromatic rings. The van der Waals surface area contributed by atoms with Crippen molar-refractivity contribution in [2.24, 2.45) is 0 Å². The standard InChI is InChI=1S/C19H14N4O3/c1-10-16(11(2)26-22-10)12-3-5-13(6-4-12)23-8-7-15-17(23)18(24)14(9-20)19(25)21-15/h3-8H,1-2H3,(H2,21,24,25). The Morgan fingerprint density at radius 2 is 1.96 bits per heavy atom. The van der Waals surface area contributed by atoms with E-state index in [0.717, 1.165) is 28.3 Å². The predicted molar refractivity (Wildman–Crippen MR) is 95.2 cm³/mol. The van der Waals surface area contributed by atoms with E-state index in [9.17, 15) is 9.90 Å². The quantitative estimate of drug-likeness (QED) is 0.579. The lowest BCUT2D eigenvalue weighted by molar-refractivity contribution is 0.393. The summed E-state index contributed by atoms with van der Waals surface area (Å²) in [7, 11) is 0. The van der Waals surface area contributed by atoms with Gasteiger partial charge < -0.3 is 19.2 Å². The van der Waals surface area contributed by atoms with Crippen LogP contribution < -0.4 is 5.56 Å². The summed E-state index contributed by atoms with van der Waals surface area (Å²) in [6, 6.07) is 11.1. The lowest BCUT2D eigenvalue weighted by Gasteiger charge is -2.09. The van der Waals surface area contributed by atoms with E-state index < -0.39 is 5.56 Å². The third-order valence-corrected chi connectivity index (χ3v) is 4.40. The second kappa shape index (κ2) is 5.63. The molecule has 0 saturated carbocycles. The van der Waals surface area contributed by atoms with Crippen molar-refractivity contribution in [1.82, 2.24) is 14.7 Å². The maximum atomic E-state index is 11.8. The molecule has 0 aliphatic carbocycles. The third kappa shape index (κ3) is 2.20. The van der Waals surface area contributed by atoms with Gasteiger partial charge in [-0.1, -0.05) is 17.3 Å². The molecule has 0 amide bonds. The van der Waals surface area contributed by atoms with E-state index in [2.05, 4.69) is 10.1 Å². The number of pyridine rings is 1. The van der Waals surface area contributed by atoms with Crippen LogP contribution in [0.4, 0.5) is 0 Å². The Balaban J connectivity index is 1.87. The Bertz CT molecular complexity index is 1220. The largest absolute Gasteiger partial charge is 0.504 e. The summed E-state index contributed by atoms with van der Waals surface area (Å²) in [6.07, 6.45) is 1.73. The topological polar surface area (TPSA) is 108 Å². The van der Waals surface area contributed by atoms with Crippen molar-refractivity contribution in [3.8, 4) is 28.6 Å². The number of nitrogens with one attached hydrogen (secondary N) is 1. The number of benzene rings is 1. The van der Waals surface area contributed by atoms with Crippen LogP contribution in [-0.2, 0) is 0 Å². The van der Waals surface area contributed by atoms with Gasteiger partial charge in [-0.2, -0.15) is 5.26 Å². The Morgan fingerprint density at radius 3 is 2.58 bits per heavy atom. The van der Waals surface area contributed by atoms with E-state index in [1.807, 2.05) is 38.1 Å². The van der Waals surface area contributed by atoms with Gasteiger partial charge in [-0.05, 0) is 37.6 Å². The normalized spacial score (nSPS) is 11.0. The third-order valence-electron chi connectivity index (χ3n) is 4.40. The monoisotopic (exact) mass is 346 g/mol. The number of H-pyrrole nitrogens is 1. The first kappa shape index (κ1) is 15.7.